The van der Waals surface area contributed by atoms with E-state index < -0.39 is 0 Å². The fourth-order valence-electron chi connectivity index (χ4n) is 11.6. The lowest BCUT2D eigenvalue weighted by Crippen LogP contribution is -2.55. The first-order valence-corrected chi connectivity index (χ1v) is 18.7. The predicted molar refractivity (Wildman–Crippen MR) is 206 cm³/mol. The second-order valence-electron chi connectivity index (χ2n) is 15.6. The Hall–Kier alpha value is -5.61. The molecule has 0 amide bonds. The Kier molecular flexibility index (Phi) is 5.64. The SMILES string of the molecule is c1ccc(-c2nc(-c3ccccc3)nc(-n3c4c5c(ccc4c4ccc6ccccc6c43)C3(c4ccccc4-5)C4CC5CC(C4)CC3C5)n2)cc1. The third kappa shape index (κ3) is 3.72. The fraction of sp³-hybridized carbons (Fsp3) is 0.213. The van der Waals surface area contributed by atoms with Crippen molar-refractivity contribution in [1.82, 2.24) is 19.5 Å². The minimum atomic E-state index is 0.0698. The molecule has 2 aromatic heterocycles. The highest BCUT2D eigenvalue weighted by Crippen LogP contribution is 2.70. The third-order valence-corrected chi connectivity index (χ3v) is 13.2. The Balaban J connectivity index is 1.25. The highest BCUT2D eigenvalue weighted by molar-refractivity contribution is 6.21. The third-order valence-electron chi connectivity index (χ3n) is 13.2. The molecular weight excluding hydrogens is 621 g/mol. The molecule has 5 aliphatic rings. The number of hydrogen-bond donors (Lipinski definition) is 0. The molecule has 0 unspecified atom stereocenters. The summed E-state index contributed by atoms with van der Waals surface area (Å²) >= 11 is 0. The van der Waals surface area contributed by atoms with Crippen molar-refractivity contribution < 1.29 is 0 Å². The van der Waals surface area contributed by atoms with E-state index in [0.29, 0.717) is 29.4 Å². The van der Waals surface area contributed by atoms with Gasteiger partial charge in [0.1, 0.15) is 0 Å². The smallest absolute Gasteiger partial charge is 0.238 e. The molecule has 13 rings (SSSR count). The summed E-state index contributed by atoms with van der Waals surface area (Å²) in [5, 5.41) is 4.91. The van der Waals surface area contributed by atoms with Crippen LogP contribution in [-0.4, -0.2) is 19.5 Å². The second-order valence-corrected chi connectivity index (χ2v) is 15.6. The maximum atomic E-state index is 5.38. The van der Waals surface area contributed by atoms with Gasteiger partial charge in [0.25, 0.3) is 0 Å². The van der Waals surface area contributed by atoms with Crippen LogP contribution in [0.15, 0.2) is 133 Å². The predicted octanol–water partition coefficient (Wildman–Crippen LogP) is 11.2. The van der Waals surface area contributed by atoms with Crippen LogP contribution in [0.4, 0.5) is 0 Å². The summed E-state index contributed by atoms with van der Waals surface area (Å²) in [6, 6.07) is 48.5. The first-order valence-electron chi connectivity index (χ1n) is 18.7. The van der Waals surface area contributed by atoms with Gasteiger partial charge in [-0.2, -0.15) is 9.97 Å². The first kappa shape index (κ1) is 28.1. The van der Waals surface area contributed by atoms with Crippen molar-refractivity contribution in [1.29, 1.82) is 0 Å². The van der Waals surface area contributed by atoms with E-state index in [-0.39, 0.29) is 5.41 Å². The molecule has 0 N–H and O–H groups in total. The molecule has 6 aromatic carbocycles. The Morgan fingerprint density at radius 2 is 1.06 bits per heavy atom. The second kappa shape index (κ2) is 10.2. The van der Waals surface area contributed by atoms with Gasteiger partial charge in [0.2, 0.25) is 5.95 Å². The van der Waals surface area contributed by atoms with Gasteiger partial charge in [-0.3, -0.25) is 4.57 Å². The molecule has 5 aliphatic carbocycles. The largest absolute Gasteiger partial charge is 0.277 e. The van der Waals surface area contributed by atoms with Gasteiger partial charge >= 0.3 is 0 Å². The van der Waals surface area contributed by atoms with E-state index in [1.54, 1.807) is 11.1 Å². The zero-order chi connectivity index (χ0) is 33.3. The van der Waals surface area contributed by atoms with E-state index in [2.05, 4.69) is 126 Å². The minimum Gasteiger partial charge on any atom is -0.277 e. The number of benzene rings is 6. The molecule has 0 aliphatic heterocycles. The van der Waals surface area contributed by atoms with E-state index in [1.165, 1.54) is 70.3 Å². The molecular formula is C47H36N4. The van der Waals surface area contributed by atoms with Crippen LogP contribution in [0.25, 0.3) is 72.4 Å². The number of rotatable bonds is 3. The van der Waals surface area contributed by atoms with E-state index in [1.807, 2.05) is 12.1 Å². The fourth-order valence-corrected chi connectivity index (χ4v) is 11.6. The average Bonchev–Trinajstić information content (AvgIpc) is 3.68. The molecule has 51 heavy (non-hydrogen) atoms. The standard InChI is InChI=1S/C47H36N4/c1-3-12-31(13-4-1)44-48-45(32-14-5-2-6-15-32)50-46(49-44)51-42-35-16-8-7-11-30(35)19-20-36(42)37-21-22-40-41(43(37)51)38-17-9-10-18-39(38)47(40)33-24-28-23-29(26-33)27-34(47)25-28/h1-22,28-29,33-34H,23-27H2. The normalized spacial score (nSPS) is 24.2. The Morgan fingerprint density at radius 1 is 0.471 bits per heavy atom. The van der Waals surface area contributed by atoms with Gasteiger partial charge in [0, 0.05) is 38.3 Å². The molecule has 4 heteroatoms. The molecule has 8 aromatic rings. The Bertz CT molecular complexity index is 2620. The van der Waals surface area contributed by atoms with Crippen molar-refractivity contribution in [3.63, 3.8) is 0 Å². The summed E-state index contributed by atoms with van der Waals surface area (Å²) in [5.41, 5.74) is 10.3. The van der Waals surface area contributed by atoms with Gasteiger partial charge in [-0.15, -0.1) is 0 Å². The van der Waals surface area contributed by atoms with E-state index >= 15 is 0 Å². The van der Waals surface area contributed by atoms with Crippen LogP contribution in [0.1, 0.15) is 43.2 Å². The summed E-state index contributed by atoms with van der Waals surface area (Å²) in [7, 11) is 0. The average molecular weight is 657 g/mol. The number of nitrogens with zero attached hydrogens (tertiary/aromatic N) is 4. The maximum absolute atomic E-state index is 5.38. The topological polar surface area (TPSA) is 43.6 Å². The molecule has 1 spiro atoms. The summed E-state index contributed by atoms with van der Waals surface area (Å²) in [6.07, 6.45) is 6.90. The lowest BCUT2D eigenvalue weighted by atomic mass is 9.43. The van der Waals surface area contributed by atoms with E-state index in [0.717, 1.165) is 28.5 Å². The van der Waals surface area contributed by atoms with Crippen LogP contribution in [0.5, 0.6) is 0 Å². The van der Waals surface area contributed by atoms with Crippen LogP contribution < -0.4 is 0 Å². The Labute approximate surface area is 296 Å². The van der Waals surface area contributed by atoms with Crippen LogP contribution in [0.2, 0.25) is 0 Å². The lowest BCUT2D eigenvalue weighted by molar-refractivity contribution is -0.0399. The molecule has 244 valence electrons. The lowest BCUT2D eigenvalue weighted by Gasteiger charge is -2.61. The molecule has 4 bridgehead atoms. The molecule has 0 atom stereocenters. The van der Waals surface area contributed by atoms with Crippen LogP contribution in [0, 0.1) is 23.7 Å². The van der Waals surface area contributed by atoms with E-state index in [4.69, 9.17) is 15.0 Å². The summed E-state index contributed by atoms with van der Waals surface area (Å²) < 4.78 is 2.41. The summed E-state index contributed by atoms with van der Waals surface area (Å²) in [5.74, 6) is 5.21. The van der Waals surface area contributed by atoms with Crippen LogP contribution >= 0.6 is 0 Å². The van der Waals surface area contributed by atoms with Crippen molar-refractivity contribution in [3.8, 4) is 39.9 Å². The highest BCUT2D eigenvalue weighted by atomic mass is 15.2. The Morgan fingerprint density at radius 3 is 1.76 bits per heavy atom. The van der Waals surface area contributed by atoms with Crippen LogP contribution in [0.3, 0.4) is 0 Å². The molecule has 4 nitrogen and oxygen atoms in total. The van der Waals surface area contributed by atoms with Crippen LogP contribution in [-0.2, 0) is 5.41 Å². The number of hydrogen-bond acceptors (Lipinski definition) is 3. The molecule has 0 saturated heterocycles. The number of fused-ring (bicyclic) bond motifs is 9. The van der Waals surface area contributed by atoms with Crippen molar-refractivity contribution >= 4 is 32.6 Å². The van der Waals surface area contributed by atoms with Gasteiger partial charge in [-0.1, -0.05) is 133 Å². The highest BCUT2D eigenvalue weighted by Gasteiger charge is 2.61. The van der Waals surface area contributed by atoms with Crippen molar-refractivity contribution in [2.24, 2.45) is 23.7 Å². The molecule has 4 saturated carbocycles. The van der Waals surface area contributed by atoms with Crippen molar-refractivity contribution in [2.45, 2.75) is 37.5 Å². The quantitative estimate of drug-likeness (QED) is 0.190. The van der Waals surface area contributed by atoms with Gasteiger partial charge in [0.05, 0.1) is 11.0 Å². The summed E-state index contributed by atoms with van der Waals surface area (Å²) in [6.45, 7) is 0. The zero-order valence-electron chi connectivity index (χ0n) is 28.3. The maximum Gasteiger partial charge on any atom is 0.238 e. The number of aromatic nitrogens is 4. The van der Waals surface area contributed by atoms with Gasteiger partial charge in [-0.25, -0.2) is 4.98 Å². The molecule has 0 radical (unpaired) electrons. The molecule has 2 heterocycles. The van der Waals surface area contributed by atoms with E-state index in [9.17, 15) is 0 Å². The monoisotopic (exact) mass is 656 g/mol. The minimum absolute atomic E-state index is 0.0698. The van der Waals surface area contributed by atoms with Gasteiger partial charge in [0.15, 0.2) is 11.6 Å². The van der Waals surface area contributed by atoms with Crippen molar-refractivity contribution in [3.05, 3.63) is 145 Å². The molecule has 4 fully saturated rings. The van der Waals surface area contributed by atoms with Gasteiger partial charge in [-0.05, 0) is 77.9 Å². The van der Waals surface area contributed by atoms with Gasteiger partial charge < -0.3 is 0 Å². The summed E-state index contributed by atoms with van der Waals surface area (Å²) in [4.78, 5) is 15.9. The first-order chi connectivity index (χ1) is 25.3. The van der Waals surface area contributed by atoms with Crippen molar-refractivity contribution in [2.75, 3.05) is 0 Å². The zero-order valence-corrected chi connectivity index (χ0v) is 28.3.